The Morgan fingerprint density at radius 2 is 1.43 bits per heavy atom. The zero-order valence-electron chi connectivity index (χ0n) is 16.8. The number of fused-ring (bicyclic) bond motifs is 1. The van der Waals surface area contributed by atoms with Gasteiger partial charge in [0.05, 0.1) is 6.42 Å². The van der Waals surface area contributed by atoms with E-state index in [1.165, 1.54) is 0 Å². The third-order valence-electron chi connectivity index (χ3n) is 4.66. The van der Waals surface area contributed by atoms with Crippen LogP contribution in [0.25, 0.3) is 10.8 Å². The molecule has 0 heterocycles. The number of benzene rings is 3. The molecule has 0 saturated heterocycles. The van der Waals surface area contributed by atoms with Gasteiger partial charge in [-0.15, -0.1) is 0 Å². The van der Waals surface area contributed by atoms with Crippen LogP contribution >= 0.6 is 0 Å². The lowest BCUT2D eigenvalue weighted by molar-refractivity contribution is -0.147. The van der Waals surface area contributed by atoms with Crippen molar-refractivity contribution in [3.8, 4) is 0 Å². The Morgan fingerprint density at radius 1 is 0.767 bits per heavy atom. The third kappa shape index (κ3) is 5.67. The fourth-order valence-corrected chi connectivity index (χ4v) is 3.12. The van der Waals surface area contributed by atoms with Gasteiger partial charge < -0.3 is 15.4 Å². The van der Waals surface area contributed by atoms with Crippen molar-refractivity contribution in [2.24, 2.45) is 0 Å². The average Bonchev–Trinajstić information content (AvgIpc) is 2.77. The summed E-state index contributed by atoms with van der Waals surface area (Å²) in [6.45, 7) is 1.61. The van der Waals surface area contributed by atoms with Gasteiger partial charge in [0.25, 0.3) is 5.91 Å². The highest BCUT2D eigenvalue weighted by molar-refractivity contribution is 6.02. The van der Waals surface area contributed by atoms with E-state index in [2.05, 4.69) is 10.6 Å². The number of para-hydroxylation sites is 1. The number of hydrogen-bond donors (Lipinski definition) is 2. The topological polar surface area (TPSA) is 84.5 Å². The van der Waals surface area contributed by atoms with Gasteiger partial charge in [0.15, 0.2) is 6.61 Å². The predicted octanol–water partition coefficient (Wildman–Crippen LogP) is 4.30. The Hall–Kier alpha value is -3.67. The summed E-state index contributed by atoms with van der Waals surface area (Å²) in [6, 6.07) is 20.8. The van der Waals surface area contributed by atoms with Crippen LogP contribution in [0.2, 0.25) is 0 Å². The molecular formula is C24H24N2O4. The number of amides is 2. The summed E-state index contributed by atoms with van der Waals surface area (Å²) in [6.07, 6.45) is 0.653. The minimum atomic E-state index is -0.595. The van der Waals surface area contributed by atoms with Crippen LogP contribution in [0.1, 0.15) is 25.3 Å². The van der Waals surface area contributed by atoms with E-state index in [0.717, 1.165) is 22.8 Å². The van der Waals surface area contributed by atoms with Crippen molar-refractivity contribution in [3.05, 3.63) is 72.3 Å². The predicted molar refractivity (Wildman–Crippen MR) is 117 cm³/mol. The van der Waals surface area contributed by atoms with Gasteiger partial charge in [-0.25, -0.2) is 0 Å². The highest BCUT2D eigenvalue weighted by Crippen LogP contribution is 2.23. The lowest BCUT2D eigenvalue weighted by atomic mass is 10.1. The van der Waals surface area contributed by atoms with Crippen molar-refractivity contribution in [3.63, 3.8) is 0 Å². The van der Waals surface area contributed by atoms with Crippen molar-refractivity contribution in [2.75, 3.05) is 17.2 Å². The van der Waals surface area contributed by atoms with E-state index in [1.54, 1.807) is 6.07 Å². The van der Waals surface area contributed by atoms with E-state index >= 15 is 0 Å². The van der Waals surface area contributed by atoms with Gasteiger partial charge in [0.2, 0.25) is 5.91 Å². The maximum Gasteiger partial charge on any atom is 0.306 e. The van der Waals surface area contributed by atoms with Gasteiger partial charge in [-0.05, 0) is 29.5 Å². The van der Waals surface area contributed by atoms with Gasteiger partial charge in [-0.3, -0.25) is 14.4 Å². The molecule has 0 unspecified atom stereocenters. The van der Waals surface area contributed by atoms with Crippen molar-refractivity contribution in [2.45, 2.75) is 26.2 Å². The van der Waals surface area contributed by atoms with E-state index in [9.17, 15) is 14.4 Å². The van der Waals surface area contributed by atoms with Crippen LogP contribution in [-0.4, -0.2) is 24.4 Å². The van der Waals surface area contributed by atoms with E-state index in [4.69, 9.17) is 4.74 Å². The van der Waals surface area contributed by atoms with Crippen molar-refractivity contribution in [1.82, 2.24) is 0 Å². The van der Waals surface area contributed by atoms with Crippen molar-refractivity contribution in [1.29, 1.82) is 0 Å². The smallest absolute Gasteiger partial charge is 0.306 e. The summed E-state index contributed by atoms with van der Waals surface area (Å²) in [5.41, 5.74) is 2.40. The Balaban J connectivity index is 1.44. The summed E-state index contributed by atoms with van der Waals surface area (Å²) in [4.78, 5) is 36.1. The number of ether oxygens (including phenoxy) is 1. The number of nitrogens with one attached hydrogen (secondary N) is 2. The summed E-state index contributed by atoms with van der Waals surface area (Å²) >= 11 is 0. The second-order valence-electron chi connectivity index (χ2n) is 6.79. The standard InChI is InChI=1S/C24H24N2O4/c1-2-17-8-4-6-12-20(17)25-23(28)16-30-24(29)15-14-22(27)26-21-13-7-10-18-9-3-5-11-19(18)21/h3-13H,2,14-16H2,1H3,(H,25,28)(H,26,27). The molecule has 0 fully saturated rings. The first-order valence-corrected chi connectivity index (χ1v) is 9.88. The molecule has 0 aliphatic rings. The second-order valence-corrected chi connectivity index (χ2v) is 6.79. The molecule has 0 spiro atoms. The SMILES string of the molecule is CCc1ccccc1NC(=O)COC(=O)CCC(=O)Nc1cccc2ccccc12. The monoisotopic (exact) mass is 404 g/mol. The molecule has 0 saturated carbocycles. The Bertz CT molecular complexity index is 1060. The number of hydrogen-bond acceptors (Lipinski definition) is 4. The number of carbonyl (C=O) groups is 3. The van der Waals surface area contributed by atoms with Crippen LogP contribution in [0, 0.1) is 0 Å². The van der Waals surface area contributed by atoms with Gasteiger partial charge in [0, 0.05) is 23.2 Å². The van der Waals surface area contributed by atoms with E-state index in [0.29, 0.717) is 11.4 Å². The lowest BCUT2D eigenvalue weighted by Crippen LogP contribution is -2.22. The highest BCUT2D eigenvalue weighted by Gasteiger charge is 2.12. The molecule has 6 heteroatoms. The third-order valence-corrected chi connectivity index (χ3v) is 4.66. The molecule has 3 aromatic rings. The molecule has 6 nitrogen and oxygen atoms in total. The summed E-state index contributed by atoms with van der Waals surface area (Å²) in [5, 5.41) is 7.51. The van der Waals surface area contributed by atoms with Crippen LogP contribution in [0.4, 0.5) is 11.4 Å². The fourth-order valence-electron chi connectivity index (χ4n) is 3.12. The first-order valence-electron chi connectivity index (χ1n) is 9.88. The Morgan fingerprint density at radius 3 is 2.27 bits per heavy atom. The van der Waals surface area contributed by atoms with Crippen molar-refractivity contribution >= 4 is 39.9 Å². The molecule has 0 radical (unpaired) electrons. The van der Waals surface area contributed by atoms with Gasteiger partial charge in [-0.1, -0.05) is 61.5 Å². The maximum atomic E-state index is 12.2. The van der Waals surface area contributed by atoms with Crippen LogP contribution in [-0.2, 0) is 25.5 Å². The zero-order chi connectivity index (χ0) is 21.3. The molecule has 154 valence electrons. The van der Waals surface area contributed by atoms with Crippen molar-refractivity contribution < 1.29 is 19.1 Å². The zero-order valence-corrected chi connectivity index (χ0v) is 16.8. The molecule has 3 rings (SSSR count). The van der Waals surface area contributed by atoms with E-state index in [-0.39, 0.29) is 25.4 Å². The molecule has 0 bridgehead atoms. The molecule has 0 aromatic heterocycles. The summed E-state index contributed by atoms with van der Waals surface area (Å²) in [7, 11) is 0. The van der Waals surface area contributed by atoms with Gasteiger partial charge in [-0.2, -0.15) is 0 Å². The molecule has 30 heavy (non-hydrogen) atoms. The largest absolute Gasteiger partial charge is 0.456 e. The van der Waals surface area contributed by atoms with Gasteiger partial charge in [0.1, 0.15) is 0 Å². The van der Waals surface area contributed by atoms with Crippen LogP contribution < -0.4 is 10.6 Å². The number of rotatable bonds is 8. The highest BCUT2D eigenvalue weighted by atomic mass is 16.5. The fraction of sp³-hybridized carbons (Fsp3) is 0.208. The molecule has 2 amide bonds. The van der Waals surface area contributed by atoms with E-state index < -0.39 is 11.9 Å². The van der Waals surface area contributed by atoms with Crippen LogP contribution in [0.5, 0.6) is 0 Å². The lowest BCUT2D eigenvalue weighted by Gasteiger charge is -2.10. The number of anilines is 2. The molecule has 0 aliphatic heterocycles. The van der Waals surface area contributed by atoms with Crippen LogP contribution in [0.3, 0.4) is 0 Å². The molecule has 0 aliphatic carbocycles. The quantitative estimate of drug-likeness (QED) is 0.548. The normalized spacial score (nSPS) is 10.4. The molecular weight excluding hydrogens is 380 g/mol. The van der Waals surface area contributed by atoms with Gasteiger partial charge >= 0.3 is 5.97 Å². The average molecular weight is 404 g/mol. The summed E-state index contributed by atoms with van der Waals surface area (Å²) in [5.74, 6) is -1.30. The molecule has 0 atom stereocenters. The molecule has 2 N–H and O–H groups in total. The number of esters is 1. The van der Waals surface area contributed by atoms with Crippen LogP contribution in [0.15, 0.2) is 66.7 Å². The Kier molecular flexibility index (Phi) is 7.16. The second kappa shape index (κ2) is 10.2. The molecule has 3 aromatic carbocycles. The maximum absolute atomic E-state index is 12.2. The Labute approximate surface area is 175 Å². The van der Waals surface area contributed by atoms with E-state index in [1.807, 2.05) is 67.6 Å². The number of aryl methyl sites for hydroxylation is 1. The summed E-state index contributed by atoms with van der Waals surface area (Å²) < 4.78 is 4.99. The first-order chi connectivity index (χ1) is 14.6. The minimum Gasteiger partial charge on any atom is -0.456 e. The number of carbonyl (C=O) groups excluding carboxylic acids is 3. The first kappa shape index (κ1) is 21.0. The minimum absolute atomic E-state index is 0.0255.